The van der Waals surface area contributed by atoms with Crippen LogP contribution in [0.1, 0.15) is 53.5 Å². The Morgan fingerprint density at radius 1 is 0.371 bits per heavy atom. The molecule has 0 radical (unpaired) electrons. The van der Waals surface area contributed by atoms with E-state index in [1.807, 2.05) is 36.4 Å². The summed E-state index contributed by atoms with van der Waals surface area (Å²) in [7, 11) is 1.67. The van der Waals surface area contributed by atoms with Gasteiger partial charge < -0.3 is 37.0 Å². The highest BCUT2D eigenvalue weighted by Crippen LogP contribution is 2.31. The summed E-state index contributed by atoms with van der Waals surface area (Å²) in [6.07, 6.45) is 8.67. The first-order valence-corrected chi connectivity index (χ1v) is 35.0. The largest absolute Gasteiger partial charge is 0.496 e. The number of aliphatic hydroxyl groups excluding tert-OH is 1. The zero-order valence-electron chi connectivity index (χ0n) is 40.6. The van der Waals surface area contributed by atoms with E-state index in [4.69, 9.17) is 31.9 Å². The molecule has 0 aliphatic heterocycles. The number of benzene rings is 4. The SMILES string of the molecule is COc1ccc(CCC[Si](C)(C)O[Si](C)(C)CCCc2ccc(OC)c(OC)c2)cc1CO.COc1ccccc1CCC[Si](C)(C)O[Si](C)(C)CCCc1ccccc1OC. The van der Waals surface area contributed by atoms with E-state index in [1.54, 1.807) is 35.5 Å². The second-order valence-corrected chi connectivity index (χ2v) is 36.5. The first kappa shape index (κ1) is 53.0. The molecular weight excluding hydrogens is 841 g/mol. The fraction of sp³-hybridized carbons (Fsp3) is 0.520. The molecule has 4 rings (SSSR count). The minimum Gasteiger partial charge on any atom is -0.496 e. The topological polar surface area (TPSA) is 84.8 Å². The van der Waals surface area contributed by atoms with Crippen molar-refractivity contribution in [2.45, 2.75) is 135 Å². The average Bonchev–Trinajstić information content (AvgIpc) is 3.23. The van der Waals surface area contributed by atoms with Crippen LogP contribution in [0.15, 0.2) is 84.9 Å². The molecule has 4 aromatic rings. The molecule has 0 aromatic heterocycles. The predicted octanol–water partition coefficient (Wildman–Crippen LogP) is 12.9. The van der Waals surface area contributed by atoms with Crippen LogP contribution in [0.4, 0.5) is 0 Å². The normalized spacial score (nSPS) is 12.0. The maximum absolute atomic E-state index is 9.55. The molecule has 0 spiro atoms. The second kappa shape index (κ2) is 25.8. The number of rotatable bonds is 26. The third kappa shape index (κ3) is 18.8. The summed E-state index contributed by atoms with van der Waals surface area (Å²) in [6.45, 7) is 18.9. The molecule has 1 N–H and O–H groups in total. The van der Waals surface area contributed by atoms with Crippen LogP contribution in [0.25, 0.3) is 0 Å². The van der Waals surface area contributed by atoms with Crippen LogP contribution in [0.5, 0.6) is 28.7 Å². The lowest BCUT2D eigenvalue weighted by atomic mass is 10.1. The Bertz CT molecular complexity index is 1780. The highest BCUT2D eigenvalue weighted by Gasteiger charge is 2.33. The number of aliphatic hydroxyl groups is 1. The van der Waals surface area contributed by atoms with Crippen molar-refractivity contribution in [3.05, 3.63) is 113 Å². The number of aryl methyl sites for hydroxylation is 4. The third-order valence-corrected chi connectivity index (χ3v) is 26.5. The Kier molecular flexibility index (Phi) is 22.0. The van der Waals surface area contributed by atoms with Crippen molar-refractivity contribution in [2.75, 3.05) is 35.5 Å². The predicted molar refractivity (Wildman–Crippen MR) is 269 cm³/mol. The zero-order valence-corrected chi connectivity index (χ0v) is 44.6. The third-order valence-electron chi connectivity index (χ3n) is 11.4. The van der Waals surface area contributed by atoms with E-state index in [0.717, 1.165) is 97.8 Å². The average molecular weight is 922 g/mol. The van der Waals surface area contributed by atoms with Crippen LogP contribution >= 0.6 is 0 Å². The molecule has 0 aliphatic carbocycles. The van der Waals surface area contributed by atoms with Crippen molar-refractivity contribution in [3.8, 4) is 28.7 Å². The molecule has 12 heteroatoms. The Balaban J connectivity index is 0.000000333. The number of hydrogen-bond donors (Lipinski definition) is 1. The summed E-state index contributed by atoms with van der Waals surface area (Å²) < 4.78 is 40.7. The molecule has 62 heavy (non-hydrogen) atoms. The van der Waals surface area contributed by atoms with E-state index in [0.29, 0.717) is 0 Å². The number of para-hydroxylation sites is 2. The molecule has 0 amide bonds. The molecule has 344 valence electrons. The van der Waals surface area contributed by atoms with Crippen LogP contribution in [0.2, 0.25) is 76.6 Å². The lowest BCUT2D eigenvalue weighted by Gasteiger charge is -2.34. The zero-order chi connectivity index (χ0) is 45.8. The lowest BCUT2D eigenvalue weighted by Crippen LogP contribution is -2.44. The molecule has 0 fully saturated rings. The van der Waals surface area contributed by atoms with Gasteiger partial charge in [-0.1, -0.05) is 48.5 Å². The van der Waals surface area contributed by atoms with E-state index in [9.17, 15) is 5.11 Å². The quantitative estimate of drug-likeness (QED) is 0.0624. The lowest BCUT2D eigenvalue weighted by molar-refractivity contribution is 0.273. The van der Waals surface area contributed by atoms with Crippen molar-refractivity contribution >= 4 is 33.3 Å². The standard InChI is InChI=1S/C26H42O5Si2.C24H38O3Si2/c1-28-24-14-12-21(18-23(24)20-27)10-8-16-32(4,5)31-33(6,7)17-9-11-22-13-15-25(29-2)26(19-22)30-3;1-25-23-17-9-7-13-21(23)15-11-19-28(3,4)27-29(5,6)20-12-16-22-14-8-10-18-24(22)26-2/h12-15,18-19,27H,8-11,16-17,20H2,1-7H3;7-10,13-14,17-18H,11-12,15-16,19-20H2,1-6H3. The van der Waals surface area contributed by atoms with E-state index in [-0.39, 0.29) is 6.61 Å². The Morgan fingerprint density at radius 3 is 1.10 bits per heavy atom. The van der Waals surface area contributed by atoms with E-state index in [2.05, 4.69) is 101 Å². The number of ether oxygens (including phenoxy) is 5. The van der Waals surface area contributed by atoms with E-state index in [1.165, 1.54) is 34.3 Å². The Hall–Kier alpha value is -3.37. The van der Waals surface area contributed by atoms with Gasteiger partial charge in [0.05, 0.1) is 42.2 Å². The monoisotopic (exact) mass is 920 g/mol. The summed E-state index contributed by atoms with van der Waals surface area (Å²) >= 11 is 0. The molecule has 0 aliphatic rings. The van der Waals surface area contributed by atoms with Crippen LogP contribution in [-0.4, -0.2) is 73.9 Å². The van der Waals surface area contributed by atoms with Gasteiger partial charge in [-0.3, -0.25) is 0 Å². The summed E-state index contributed by atoms with van der Waals surface area (Å²) in [5.74, 6) is 4.31. The smallest absolute Gasteiger partial charge is 0.173 e. The Morgan fingerprint density at radius 2 is 0.710 bits per heavy atom. The van der Waals surface area contributed by atoms with Crippen LogP contribution in [0, 0.1) is 0 Å². The van der Waals surface area contributed by atoms with Crippen molar-refractivity contribution in [1.29, 1.82) is 0 Å². The molecule has 0 saturated heterocycles. The second-order valence-electron chi connectivity index (χ2n) is 18.8. The summed E-state index contributed by atoms with van der Waals surface area (Å²) in [5, 5.41) is 9.55. The fourth-order valence-electron chi connectivity index (χ4n) is 8.51. The van der Waals surface area contributed by atoms with Crippen molar-refractivity contribution in [1.82, 2.24) is 0 Å². The molecule has 0 bridgehead atoms. The van der Waals surface area contributed by atoms with Crippen LogP contribution < -0.4 is 23.7 Å². The maximum Gasteiger partial charge on any atom is 0.173 e. The minimum atomic E-state index is -1.74. The van der Waals surface area contributed by atoms with Gasteiger partial charge in [-0.15, -0.1) is 0 Å². The maximum atomic E-state index is 9.55. The van der Waals surface area contributed by atoms with Gasteiger partial charge in [-0.2, -0.15) is 0 Å². The van der Waals surface area contributed by atoms with Gasteiger partial charge in [0, 0.05) is 5.56 Å². The fourth-order valence-corrected chi connectivity index (χ4v) is 26.2. The molecule has 0 unspecified atom stereocenters. The van der Waals surface area contributed by atoms with Crippen molar-refractivity contribution in [3.63, 3.8) is 0 Å². The Labute approximate surface area is 380 Å². The first-order valence-electron chi connectivity index (χ1n) is 22.5. The highest BCUT2D eigenvalue weighted by atomic mass is 28.4. The van der Waals surface area contributed by atoms with Gasteiger partial charge in [-0.05, 0) is 187 Å². The van der Waals surface area contributed by atoms with Crippen molar-refractivity contribution < 1.29 is 37.0 Å². The van der Waals surface area contributed by atoms with Gasteiger partial charge >= 0.3 is 0 Å². The van der Waals surface area contributed by atoms with E-state index < -0.39 is 33.3 Å². The highest BCUT2D eigenvalue weighted by molar-refractivity contribution is 6.85. The minimum absolute atomic E-state index is 0.00344. The van der Waals surface area contributed by atoms with Gasteiger partial charge in [0.15, 0.2) is 44.8 Å². The van der Waals surface area contributed by atoms with Gasteiger partial charge in [0.2, 0.25) is 0 Å². The molecule has 0 saturated carbocycles. The van der Waals surface area contributed by atoms with E-state index >= 15 is 0 Å². The molecule has 8 nitrogen and oxygen atoms in total. The van der Waals surface area contributed by atoms with Crippen LogP contribution in [0.3, 0.4) is 0 Å². The summed E-state index contributed by atoms with van der Waals surface area (Å²) in [5.41, 5.74) is 5.97. The van der Waals surface area contributed by atoms with Gasteiger partial charge in [0.25, 0.3) is 0 Å². The summed E-state index contributed by atoms with van der Waals surface area (Å²) in [4.78, 5) is 0. The van der Waals surface area contributed by atoms with Gasteiger partial charge in [-0.25, -0.2) is 0 Å². The molecule has 0 heterocycles. The molecular formula is C50H80O8Si4. The van der Waals surface area contributed by atoms with Gasteiger partial charge in [0.1, 0.15) is 17.2 Å². The van der Waals surface area contributed by atoms with Crippen molar-refractivity contribution in [2.24, 2.45) is 0 Å². The first-order chi connectivity index (χ1) is 29.4. The van der Waals surface area contributed by atoms with Crippen LogP contribution in [-0.2, 0) is 40.5 Å². The summed E-state index contributed by atoms with van der Waals surface area (Å²) in [6, 6.07) is 33.6. The molecule has 0 atom stereocenters. The number of hydrogen-bond acceptors (Lipinski definition) is 8. The molecule has 4 aromatic carbocycles. The number of methoxy groups -OCH3 is 5.